The minimum absolute atomic E-state index is 0.0522. The minimum atomic E-state index is -4.46. The van der Waals surface area contributed by atoms with Gasteiger partial charge in [0, 0.05) is 10.5 Å². The number of aliphatic hydroxyl groups excluding tert-OH is 1. The molecule has 1 heterocycles. The highest BCUT2D eigenvalue weighted by atomic mass is 32.2. The molecule has 2 amide bonds. The number of benzene rings is 3. The molecule has 1 aromatic heterocycles. The van der Waals surface area contributed by atoms with Gasteiger partial charge in [0.25, 0.3) is 11.8 Å². The number of hydrogen-bond donors (Lipinski definition) is 4. The minimum Gasteiger partial charge on any atom is -0.381 e. The molecule has 0 spiro atoms. The molecule has 5 N–H and O–H groups in total. The molecule has 0 aliphatic heterocycles. The van der Waals surface area contributed by atoms with Crippen molar-refractivity contribution in [2.75, 3.05) is 5.01 Å². The normalized spacial score (nSPS) is 13.2. The molecule has 0 bridgehead atoms. The summed E-state index contributed by atoms with van der Waals surface area (Å²) in [5.74, 6) is 4.42. The van der Waals surface area contributed by atoms with Crippen molar-refractivity contribution in [2.24, 2.45) is 5.84 Å². The third-order valence-electron chi connectivity index (χ3n) is 5.28. The number of hydrazine groups is 1. The van der Waals surface area contributed by atoms with Gasteiger partial charge >= 0.3 is 5.51 Å². The summed E-state index contributed by atoms with van der Waals surface area (Å²) in [5, 5.41) is 14.3. The maximum Gasteiger partial charge on any atom is 0.446 e. The second-order valence-electron chi connectivity index (χ2n) is 7.69. The number of alkyl halides is 3. The lowest BCUT2D eigenvalue weighted by atomic mass is 9.99. The van der Waals surface area contributed by atoms with Crippen LogP contribution in [0.5, 0.6) is 0 Å². The number of nitrogens with zero attached hydrogens (tertiary/aromatic N) is 2. The molecule has 12 heteroatoms. The van der Waals surface area contributed by atoms with Crippen molar-refractivity contribution >= 4 is 40.3 Å². The van der Waals surface area contributed by atoms with Gasteiger partial charge in [0.15, 0.2) is 6.10 Å². The van der Waals surface area contributed by atoms with Gasteiger partial charge in [-0.15, -0.1) is 0 Å². The number of aromatic nitrogens is 2. The van der Waals surface area contributed by atoms with Crippen LogP contribution in [0.15, 0.2) is 84.0 Å². The standard InChI is InChI=1S/C24H20F3N5O3S/c25-24(26,27)36-17-9-6-15(7-10-17)22(34)31-20(14-4-2-1-3-5-14)21(33)23(35)32(28)16-8-11-18-19(12-16)30-13-29-18/h1-13,20-21,33H,28H2,(H,29,30)(H,31,34). The van der Waals surface area contributed by atoms with Crippen LogP contribution in [-0.4, -0.2) is 38.5 Å². The maximum absolute atomic E-state index is 13.1. The molecule has 0 saturated heterocycles. The Labute approximate surface area is 207 Å². The second-order valence-corrected chi connectivity index (χ2v) is 8.83. The Balaban J connectivity index is 1.55. The Hall–Kier alpha value is -3.87. The molecule has 186 valence electrons. The molecule has 2 atom stereocenters. The summed E-state index contributed by atoms with van der Waals surface area (Å²) in [4.78, 5) is 32.9. The Kier molecular flexibility index (Phi) is 7.29. The lowest BCUT2D eigenvalue weighted by molar-refractivity contribution is -0.128. The van der Waals surface area contributed by atoms with Gasteiger partial charge in [0.2, 0.25) is 0 Å². The summed E-state index contributed by atoms with van der Waals surface area (Å²) in [6, 6.07) is 16.7. The first-order valence-corrected chi connectivity index (χ1v) is 11.4. The predicted octanol–water partition coefficient (Wildman–Crippen LogP) is 3.91. The van der Waals surface area contributed by atoms with Crippen molar-refractivity contribution in [1.29, 1.82) is 0 Å². The van der Waals surface area contributed by atoms with Gasteiger partial charge in [0.05, 0.1) is 29.1 Å². The van der Waals surface area contributed by atoms with E-state index in [2.05, 4.69) is 15.3 Å². The van der Waals surface area contributed by atoms with Gasteiger partial charge in [-0.05, 0) is 59.8 Å². The summed E-state index contributed by atoms with van der Waals surface area (Å²) in [7, 11) is 0. The molecule has 0 aliphatic carbocycles. The zero-order valence-corrected chi connectivity index (χ0v) is 19.3. The van der Waals surface area contributed by atoms with Crippen LogP contribution in [0.25, 0.3) is 11.0 Å². The number of aliphatic hydroxyl groups is 1. The number of nitrogens with one attached hydrogen (secondary N) is 2. The zero-order valence-electron chi connectivity index (χ0n) is 18.4. The first-order valence-electron chi connectivity index (χ1n) is 10.5. The molecular formula is C24H20F3N5O3S. The van der Waals surface area contributed by atoms with Crippen LogP contribution >= 0.6 is 11.8 Å². The Morgan fingerprint density at radius 1 is 1.06 bits per heavy atom. The van der Waals surface area contributed by atoms with Gasteiger partial charge in [-0.1, -0.05) is 30.3 Å². The van der Waals surface area contributed by atoms with Crippen LogP contribution < -0.4 is 16.2 Å². The fourth-order valence-electron chi connectivity index (χ4n) is 3.52. The van der Waals surface area contributed by atoms with Crippen LogP contribution in [0.4, 0.5) is 18.9 Å². The van der Waals surface area contributed by atoms with Crippen molar-refractivity contribution in [1.82, 2.24) is 15.3 Å². The quantitative estimate of drug-likeness (QED) is 0.128. The first kappa shape index (κ1) is 25.2. The molecule has 0 fully saturated rings. The smallest absolute Gasteiger partial charge is 0.381 e. The van der Waals surface area contributed by atoms with Crippen LogP contribution in [0.3, 0.4) is 0 Å². The third kappa shape index (κ3) is 5.85. The molecule has 0 aliphatic rings. The average Bonchev–Trinajstić information content (AvgIpc) is 3.34. The maximum atomic E-state index is 13.1. The molecule has 4 aromatic rings. The highest BCUT2D eigenvalue weighted by molar-refractivity contribution is 8.00. The number of amides is 2. The van der Waals surface area contributed by atoms with E-state index in [1.165, 1.54) is 30.6 Å². The van der Waals surface area contributed by atoms with E-state index in [9.17, 15) is 27.9 Å². The number of anilines is 1. The fraction of sp³-hybridized carbons (Fsp3) is 0.125. The number of halogens is 3. The van der Waals surface area contributed by atoms with E-state index in [1.807, 2.05) is 0 Å². The lowest BCUT2D eigenvalue weighted by Gasteiger charge is -2.27. The average molecular weight is 516 g/mol. The number of carbonyl (C=O) groups excluding carboxylic acids is 2. The van der Waals surface area contributed by atoms with Crippen LogP contribution in [-0.2, 0) is 4.79 Å². The summed E-state index contributed by atoms with van der Waals surface area (Å²) >= 11 is -0.299. The number of fused-ring (bicyclic) bond motifs is 1. The monoisotopic (exact) mass is 515 g/mol. The second kappa shape index (κ2) is 10.4. The summed E-state index contributed by atoms with van der Waals surface area (Å²) in [6.07, 6.45) is -0.291. The summed E-state index contributed by atoms with van der Waals surface area (Å²) in [6.45, 7) is 0. The third-order valence-corrected chi connectivity index (χ3v) is 6.02. The van der Waals surface area contributed by atoms with Crippen LogP contribution in [0.1, 0.15) is 22.0 Å². The Bertz CT molecular complexity index is 1360. The van der Waals surface area contributed by atoms with E-state index in [4.69, 9.17) is 5.84 Å². The number of nitrogens with two attached hydrogens (primary N) is 1. The Morgan fingerprint density at radius 2 is 1.75 bits per heavy atom. The van der Waals surface area contributed by atoms with Crippen LogP contribution in [0.2, 0.25) is 0 Å². The largest absolute Gasteiger partial charge is 0.446 e. The Morgan fingerprint density at radius 3 is 2.42 bits per heavy atom. The van der Waals surface area contributed by atoms with Crippen molar-refractivity contribution < 1.29 is 27.9 Å². The van der Waals surface area contributed by atoms with E-state index in [0.29, 0.717) is 16.6 Å². The summed E-state index contributed by atoms with van der Waals surface area (Å²) < 4.78 is 37.7. The van der Waals surface area contributed by atoms with E-state index in [0.717, 1.165) is 5.01 Å². The fourth-order valence-corrected chi connectivity index (χ4v) is 4.06. The molecule has 0 saturated carbocycles. The van der Waals surface area contributed by atoms with E-state index < -0.39 is 29.5 Å². The number of thioether (sulfide) groups is 1. The highest BCUT2D eigenvalue weighted by Crippen LogP contribution is 2.36. The van der Waals surface area contributed by atoms with Crippen molar-refractivity contribution in [3.05, 3.63) is 90.3 Å². The molecule has 2 unspecified atom stereocenters. The topological polar surface area (TPSA) is 124 Å². The highest BCUT2D eigenvalue weighted by Gasteiger charge is 2.33. The molecule has 3 aromatic carbocycles. The number of imidazole rings is 1. The molecule has 0 radical (unpaired) electrons. The predicted molar refractivity (Wildman–Crippen MR) is 129 cm³/mol. The summed E-state index contributed by atoms with van der Waals surface area (Å²) in [5.41, 5.74) is -2.40. The zero-order chi connectivity index (χ0) is 25.9. The van der Waals surface area contributed by atoms with Gasteiger partial charge < -0.3 is 15.4 Å². The molecular weight excluding hydrogens is 495 g/mol. The van der Waals surface area contributed by atoms with Gasteiger partial charge in [-0.2, -0.15) is 13.2 Å². The van der Waals surface area contributed by atoms with E-state index in [-0.39, 0.29) is 27.9 Å². The number of hydrogen-bond acceptors (Lipinski definition) is 6. The van der Waals surface area contributed by atoms with E-state index >= 15 is 0 Å². The van der Waals surface area contributed by atoms with Crippen molar-refractivity contribution in [3.63, 3.8) is 0 Å². The number of H-pyrrole nitrogens is 1. The van der Waals surface area contributed by atoms with Gasteiger partial charge in [0.1, 0.15) is 0 Å². The van der Waals surface area contributed by atoms with Crippen LogP contribution in [0, 0.1) is 0 Å². The molecule has 36 heavy (non-hydrogen) atoms. The molecule has 4 rings (SSSR count). The van der Waals surface area contributed by atoms with E-state index in [1.54, 1.807) is 48.5 Å². The SMILES string of the molecule is NN(C(=O)C(O)C(NC(=O)c1ccc(SC(F)(F)F)cc1)c1ccccc1)c1ccc2nc[nH]c2c1. The van der Waals surface area contributed by atoms with Crippen molar-refractivity contribution in [3.8, 4) is 0 Å². The number of rotatable bonds is 7. The van der Waals surface area contributed by atoms with Crippen molar-refractivity contribution in [2.45, 2.75) is 22.5 Å². The molecule has 8 nitrogen and oxygen atoms in total. The van der Waals surface area contributed by atoms with Gasteiger partial charge in [-0.25, -0.2) is 15.8 Å². The number of carbonyl (C=O) groups is 2. The first-order chi connectivity index (χ1) is 17.1. The van der Waals surface area contributed by atoms with Gasteiger partial charge in [-0.3, -0.25) is 9.59 Å². The lowest BCUT2D eigenvalue weighted by Crippen LogP contribution is -2.50. The number of aromatic amines is 1.